The van der Waals surface area contributed by atoms with Gasteiger partial charge in [-0.15, -0.1) is 0 Å². The first-order valence-corrected chi connectivity index (χ1v) is 8.97. The second-order valence-corrected chi connectivity index (χ2v) is 6.56. The molecule has 0 saturated carbocycles. The van der Waals surface area contributed by atoms with E-state index in [1.165, 1.54) is 4.90 Å². The summed E-state index contributed by atoms with van der Waals surface area (Å²) in [5.41, 5.74) is 2.17. The largest absolute Gasteiger partial charge is 0.461 e. The summed E-state index contributed by atoms with van der Waals surface area (Å²) in [5.74, 6) is -1.85. The van der Waals surface area contributed by atoms with Crippen molar-refractivity contribution in [3.8, 4) is 0 Å². The number of imide groups is 1. The Hall–Kier alpha value is -3.49. The molecule has 2 aromatic rings. The molecule has 9 heteroatoms. The number of hydrogen-bond donors (Lipinski definition) is 1. The van der Waals surface area contributed by atoms with E-state index in [4.69, 9.17) is 4.74 Å². The molecule has 1 aromatic heterocycles. The van der Waals surface area contributed by atoms with Crippen LogP contribution < -0.4 is 0 Å². The summed E-state index contributed by atoms with van der Waals surface area (Å²) < 4.78 is 5.00. The number of H-pyrrole nitrogens is 1. The standard InChI is InChI=1S/C19H18N4O5/c1-2-28-19(27)16-13-9-22(8-7-14(13)20-21-16)15(24)10-23-17(25)11-5-3-4-6-12(11)18(23)26/h3-6H,2,7-10H2,1H3,(H,20,21). The summed E-state index contributed by atoms with van der Waals surface area (Å²) >= 11 is 0. The van der Waals surface area contributed by atoms with E-state index in [0.29, 0.717) is 29.7 Å². The Morgan fingerprint density at radius 2 is 1.86 bits per heavy atom. The molecule has 9 nitrogen and oxygen atoms in total. The molecule has 3 amide bonds. The summed E-state index contributed by atoms with van der Waals surface area (Å²) in [7, 11) is 0. The van der Waals surface area contributed by atoms with Gasteiger partial charge in [0.2, 0.25) is 5.91 Å². The summed E-state index contributed by atoms with van der Waals surface area (Å²) in [6, 6.07) is 6.50. The van der Waals surface area contributed by atoms with Gasteiger partial charge in [-0.25, -0.2) is 4.79 Å². The lowest BCUT2D eigenvalue weighted by atomic mass is 10.1. The molecule has 0 fully saturated rings. The molecule has 0 atom stereocenters. The van der Waals surface area contributed by atoms with Gasteiger partial charge in [0.25, 0.3) is 11.8 Å². The number of carbonyl (C=O) groups excluding carboxylic acids is 4. The fourth-order valence-corrected chi connectivity index (χ4v) is 3.49. The highest BCUT2D eigenvalue weighted by atomic mass is 16.5. The lowest BCUT2D eigenvalue weighted by Crippen LogP contribution is -2.44. The van der Waals surface area contributed by atoms with E-state index in [1.54, 1.807) is 31.2 Å². The molecule has 2 aliphatic rings. The van der Waals surface area contributed by atoms with Crippen LogP contribution in [0, 0.1) is 0 Å². The van der Waals surface area contributed by atoms with Crippen molar-refractivity contribution in [2.24, 2.45) is 0 Å². The van der Waals surface area contributed by atoms with Crippen molar-refractivity contribution in [3.05, 3.63) is 52.3 Å². The monoisotopic (exact) mass is 382 g/mol. The Bertz CT molecular complexity index is 961. The van der Waals surface area contributed by atoms with Crippen molar-refractivity contribution < 1.29 is 23.9 Å². The average molecular weight is 382 g/mol. The van der Waals surface area contributed by atoms with Crippen LogP contribution in [0.5, 0.6) is 0 Å². The molecular formula is C19H18N4O5. The number of aromatic amines is 1. The molecule has 2 aliphatic heterocycles. The summed E-state index contributed by atoms with van der Waals surface area (Å²) in [5, 5.41) is 6.83. The number of benzene rings is 1. The van der Waals surface area contributed by atoms with Crippen LogP contribution in [0.25, 0.3) is 0 Å². The van der Waals surface area contributed by atoms with Crippen molar-refractivity contribution in [2.75, 3.05) is 19.7 Å². The van der Waals surface area contributed by atoms with Crippen molar-refractivity contribution >= 4 is 23.7 Å². The number of aromatic nitrogens is 2. The van der Waals surface area contributed by atoms with E-state index in [-0.39, 0.29) is 31.3 Å². The van der Waals surface area contributed by atoms with Crippen LogP contribution in [0.2, 0.25) is 0 Å². The molecule has 0 bridgehead atoms. The Kier molecular flexibility index (Phi) is 4.42. The van der Waals surface area contributed by atoms with E-state index in [2.05, 4.69) is 10.2 Å². The quantitative estimate of drug-likeness (QED) is 0.617. The number of esters is 1. The van der Waals surface area contributed by atoms with Crippen molar-refractivity contribution in [2.45, 2.75) is 19.9 Å². The highest BCUT2D eigenvalue weighted by Gasteiger charge is 2.38. The number of nitrogens with one attached hydrogen (secondary N) is 1. The van der Waals surface area contributed by atoms with Gasteiger partial charge < -0.3 is 9.64 Å². The van der Waals surface area contributed by atoms with Crippen LogP contribution in [0.3, 0.4) is 0 Å². The van der Waals surface area contributed by atoms with Crippen LogP contribution in [0.4, 0.5) is 0 Å². The molecule has 144 valence electrons. The maximum absolute atomic E-state index is 12.8. The molecule has 3 heterocycles. The first-order valence-electron chi connectivity index (χ1n) is 8.97. The van der Waals surface area contributed by atoms with Gasteiger partial charge in [0.1, 0.15) is 6.54 Å². The molecule has 0 aliphatic carbocycles. The number of rotatable bonds is 4. The molecule has 4 rings (SSSR count). The van der Waals surface area contributed by atoms with Crippen molar-refractivity contribution in [3.63, 3.8) is 0 Å². The van der Waals surface area contributed by atoms with E-state index in [1.807, 2.05) is 0 Å². The molecule has 0 radical (unpaired) electrons. The molecule has 0 spiro atoms. The summed E-state index contributed by atoms with van der Waals surface area (Å²) in [6.45, 7) is 2.16. The van der Waals surface area contributed by atoms with E-state index >= 15 is 0 Å². The Balaban J connectivity index is 1.49. The number of fused-ring (bicyclic) bond motifs is 2. The van der Waals surface area contributed by atoms with Gasteiger partial charge in [-0.05, 0) is 19.1 Å². The minimum atomic E-state index is -0.547. The summed E-state index contributed by atoms with van der Waals surface area (Å²) in [4.78, 5) is 52.2. The van der Waals surface area contributed by atoms with E-state index in [0.717, 1.165) is 10.6 Å². The van der Waals surface area contributed by atoms with Gasteiger partial charge in [0, 0.05) is 30.8 Å². The maximum atomic E-state index is 12.8. The number of nitrogens with zero attached hydrogens (tertiary/aromatic N) is 3. The number of hydrogen-bond acceptors (Lipinski definition) is 6. The topological polar surface area (TPSA) is 113 Å². The third-order valence-corrected chi connectivity index (χ3v) is 4.93. The van der Waals surface area contributed by atoms with Crippen molar-refractivity contribution in [1.29, 1.82) is 0 Å². The predicted molar refractivity (Wildman–Crippen MR) is 95.5 cm³/mol. The third-order valence-electron chi connectivity index (χ3n) is 4.93. The molecule has 28 heavy (non-hydrogen) atoms. The number of carbonyl (C=O) groups is 4. The van der Waals surface area contributed by atoms with Gasteiger partial charge in [-0.2, -0.15) is 5.10 Å². The van der Waals surface area contributed by atoms with Crippen LogP contribution in [0.1, 0.15) is 49.4 Å². The van der Waals surface area contributed by atoms with Gasteiger partial charge in [0.05, 0.1) is 17.7 Å². The fourth-order valence-electron chi connectivity index (χ4n) is 3.49. The summed E-state index contributed by atoms with van der Waals surface area (Å²) in [6.07, 6.45) is 0.496. The second-order valence-electron chi connectivity index (χ2n) is 6.56. The SMILES string of the molecule is CCOC(=O)c1n[nH]c2c1CN(C(=O)CN1C(=O)c3ccccc3C1=O)CC2. The highest BCUT2D eigenvalue weighted by Crippen LogP contribution is 2.24. The number of ether oxygens (including phenoxy) is 1. The van der Waals surface area contributed by atoms with E-state index in [9.17, 15) is 19.2 Å². The van der Waals surface area contributed by atoms with Crippen molar-refractivity contribution in [1.82, 2.24) is 20.0 Å². The molecular weight excluding hydrogens is 364 g/mol. The first-order chi connectivity index (χ1) is 13.5. The molecule has 0 saturated heterocycles. The Labute approximate surface area is 160 Å². The van der Waals surface area contributed by atoms with E-state index < -0.39 is 17.8 Å². The predicted octanol–water partition coefficient (Wildman–Crippen LogP) is 0.767. The normalized spacial score (nSPS) is 15.5. The highest BCUT2D eigenvalue weighted by molar-refractivity contribution is 6.22. The lowest BCUT2D eigenvalue weighted by molar-refractivity contribution is -0.132. The second kappa shape index (κ2) is 6.91. The average Bonchev–Trinajstić information content (AvgIpc) is 3.23. The van der Waals surface area contributed by atoms with Crippen LogP contribution >= 0.6 is 0 Å². The Morgan fingerprint density at radius 3 is 2.50 bits per heavy atom. The van der Waals surface area contributed by atoms with Gasteiger partial charge in [0.15, 0.2) is 5.69 Å². The van der Waals surface area contributed by atoms with Gasteiger partial charge in [-0.3, -0.25) is 24.4 Å². The molecule has 1 N–H and O–H groups in total. The smallest absolute Gasteiger partial charge is 0.359 e. The minimum absolute atomic E-state index is 0.162. The number of amides is 3. The fraction of sp³-hybridized carbons (Fsp3) is 0.316. The van der Waals surface area contributed by atoms with Crippen LogP contribution in [-0.4, -0.2) is 63.4 Å². The van der Waals surface area contributed by atoms with Crippen LogP contribution in [-0.2, 0) is 22.5 Å². The zero-order chi connectivity index (χ0) is 19.8. The minimum Gasteiger partial charge on any atom is -0.461 e. The zero-order valence-corrected chi connectivity index (χ0v) is 15.2. The maximum Gasteiger partial charge on any atom is 0.359 e. The first kappa shape index (κ1) is 17.9. The zero-order valence-electron chi connectivity index (χ0n) is 15.2. The van der Waals surface area contributed by atoms with Gasteiger partial charge >= 0.3 is 5.97 Å². The molecule has 0 unspecified atom stereocenters. The third kappa shape index (κ3) is 2.84. The molecule has 1 aromatic carbocycles. The van der Waals surface area contributed by atoms with Crippen LogP contribution in [0.15, 0.2) is 24.3 Å². The lowest BCUT2D eigenvalue weighted by Gasteiger charge is -2.28. The Morgan fingerprint density at radius 1 is 1.18 bits per heavy atom. The van der Waals surface area contributed by atoms with Gasteiger partial charge in [-0.1, -0.05) is 12.1 Å².